The van der Waals surface area contributed by atoms with Gasteiger partial charge >= 0.3 is 5.97 Å². The number of carbonyl (C=O) groups is 1. The lowest BCUT2D eigenvalue weighted by Crippen LogP contribution is -2.42. The van der Waals surface area contributed by atoms with Crippen LogP contribution < -0.4 is 0 Å². The molecule has 0 aromatic carbocycles. The summed E-state index contributed by atoms with van der Waals surface area (Å²) in [6, 6.07) is 0. The van der Waals surface area contributed by atoms with Gasteiger partial charge in [-0.3, -0.25) is 4.79 Å². The smallest absolute Gasteiger partial charge is 0.303 e. The molecular formula is C8H10O5. The molecular weight excluding hydrogens is 176 g/mol. The average Bonchev–Trinajstić information content (AvgIpc) is 2.74. The van der Waals surface area contributed by atoms with Gasteiger partial charge in [0.25, 0.3) is 0 Å². The Morgan fingerprint density at radius 1 is 1.38 bits per heavy atom. The molecule has 0 aromatic rings. The molecule has 3 fully saturated rings. The minimum Gasteiger partial charge on any atom is -0.457 e. The van der Waals surface area contributed by atoms with E-state index in [1.807, 2.05) is 0 Å². The fraction of sp³-hybridized carbons (Fsp3) is 0.875. The van der Waals surface area contributed by atoms with E-state index in [-0.39, 0.29) is 36.7 Å². The van der Waals surface area contributed by atoms with Gasteiger partial charge in [0.15, 0.2) is 12.4 Å². The van der Waals surface area contributed by atoms with Gasteiger partial charge in [0.1, 0.15) is 18.3 Å². The van der Waals surface area contributed by atoms with Crippen molar-refractivity contribution in [2.45, 2.75) is 37.6 Å². The lowest BCUT2D eigenvalue weighted by atomic mass is 10.1. The van der Waals surface area contributed by atoms with Gasteiger partial charge in [-0.1, -0.05) is 0 Å². The van der Waals surface area contributed by atoms with E-state index in [2.05, 4.69) is 0 Å². The Morgan fingerprint density at radius 3 is 3.00 bits per heavy atom. The molecule has 0 amide bonds. The molecule has 5 nitrogen and oxygen atoms in total. The van der Waals surface area contributed by atoms with E-state index in [1.54, 1.807) is 0 Å². The summed E-state index contributed by atoms with van der Waals surface area (Å²) in [6.45, 7) is 1.89. The Bertz CT molecular complexity index is 253. The standard InChI is InChI=1S/C8H10O5/c1-3(9)11-5-4-2-10-8(12-4)7-6(5)13-7/h4-8H,2H2,1H3. The molecule has 0 aromatic heterocycles. The zero-order chi connectivity index (χ0) is 9.00. The van der Waals surface area contributed by atoms with Gasteiger partial charge in [-0.2, -0.15) is 0 Å². The van der Waals surface area contributed by atoms with Crippen LogP contribution in [0.2, 0.25) is 0 Å². The predicted octanol–water partition coefficient (Wildman–Crippen LogP) is -0.559. The maximum absolute atomic E-state index is 10.8. The Kier molecular flexibility index (Phi) is 1.45. The predicted molar refractivity (Wildman–Crippen MR) is 38.8 cm³/mol. The molecule has 72 valence electrons. The van der Waals surface area contributed by atoms with Crippen LogP contribution in [0.1, 0.15) is 6.92 Å². The van der Waals surface area contributed by atoms with Crippen molar-refractivity contribution >= 4 is 5.97 Å². The van der Waals surface area contributed by atoms with Gasteiger partial charge in [0.05, 0.1) is 6.61 Å². The highest BCUT2D eigenvalue weighted by atomic mass is 16.8. The number of esters is 1. The molecule has 0 spiro atoms. The molecule has 5 heteroatoms. The largest absolute Gasteiger partial charge is 0.457 e. The summed E-state index contributed by atoms with van der Waals surface area (Å²) in [6.07, 6.45) is -0.682. The lowest BCUT2D eigenvalue weighted by molar-refractivity contribution is -0.160. The van der Waals surface area contributed by atoms with Crippen LogP contribution in [-0.4, -0.2) is 43.3 Å². The van der Waals surface area contributed by atoms with E-state index >= 15 is 0 Å². The van der Waals surface area contributed by atoms with Crippen molar-refractivity contribution in [3.05, 3.63) is 0 Å². The van der Waals surface area contributed by atoms with E-state index in [1.165, 1.54) is 6.92 Å². The van der Waals surface area contributed by atoms with Crippen LogP contribution in [0.5, 0.6) is 0 Å². The summed E-state index contributed by atoms with van der Waals surface area (Å²) < 4.78 is 21.1. The zero-order valence-corrected chi connectivity index (χ0v) is 7.14. The van der Waals surface area contributed by atoms with Crippen molar-refractivity contribution in [1.82, 2.24) is 0 Å². The van der Waals surface area contributed by atoms with Crippen LogP contribution in [-0.2, 0) is 23.7 Å². The van der Waals surface area contributed by atoms with Crippen LogP contribution in [0.15, 0.2) is 0 Å². The molecule has 3 aliphatic rings. The van der Waals surface area contributed by atoms with Gasteiger partial charge in [-0.25, -0.2) is 0 Å². The number of rotatable bonds is 1. The quantitative estimate of drug-likeness (QED) is 0.406. The minimum atomic E-state index is -0.298. The molecule has 3 rings (SSSR count). The molecule has 3 heterocycles. The highest BCUT2D eigenvalue weighted by molar-refractivity contribution is 5.66. The minimum absolute atomic E-state index is 0.00449. The molecule has 13 heavy (non-hydrogen) atoms. The SMILES string of the molecule is CC(=O)OC1C2COC(O2)C2OC12. The molecule has 5 atom stereocenters. The van der Waals surface area contributed by atoms with Crippen LogP contribution in [0, 0.1) is 0 Å². The fourth-order valence-corrected chi connectivity index (χ4v) is 1.95. The number of hydrogen-bond donors (Lipinski definition) is 0. The third-order valence-electron chi connectivity index (χ3n) is 2.56. The number of epoxide rings is 1. The van der Waals surface area contributed by atoms with Gasteiger partial charge < -0.3 is 18.9 Å². The Labute approximate surface area is 74.9 Å². The molecule has 5 unspecified atom stereocenters. The first-order valence-corrected chi connectivity index (χ1v) is 4.35. The van der Waals surface area contributed by atoms with E-state index in [9.17, 15) is 4.79 Å². The molecule has 3 aliphatic heterocycles. The third-order valence-corrected chi connectivity index (χ3v) is 2.56. The molecule has 2 bridgehead atoms. The maximum Gasteiger partial charge on any atom is 0.303 e. The van der Waals surface area contributed by atoms with Crippen molar-refractivity contribution in [1.29, 1.82) is 0 Å². The first-order valence-electron chi connectivity index (χ1n) is 4.35. The van der Waals surface area contributed by atoms with Gasteiger partial charge in [-0.15, -0.1) is 0 Å². The van der Waals surface area contributed by atoms with Crippen LogP contribution in [0.3, 0.4) is 0 Å². The fourth-order valence-electron chi connectivity index (χ4n) is 1.95. The molecule has 0 saturated carbocycles. The van der Waals surface area contributed by atoms with Crippen molar-refractivity contribution < 1.29 is 23.7 Å². The third kappa shape index (κ3) is 1.08. The highest BCUT2D eigenvalue weighted by Crippen LogP contribution is 2.42. The molecule has 0 N–H and O–H groups in total. The first-order chi connectivity index (χ1) is 6.25. The zero-order valence-electron chi connectivity index (χ0n) is 7.14. The monoisotopic (exact) mass is 186 g/mol. The summed E-state index contributed by atoms with van der Waals surface area (Å²) in [5, 5.41) is 0. The van der Waals surface area contributed by atoms with Crippen LogP contribution in [0.25, 0.3) is 0 Å². The second kappa shape index (κ2) is 2.43. The van der Waals surface area contributed by atoms with E-state index in [4.69, 9.17) is 18.9 Å². The van der Waals surface area contributed by atoms with Crippen molar-refractivity contribution in [3.8, 4) is 0 Å². The van der Waals surface area contributed by atoms with Gasteiger partial charge in [0, 0.05) is 6.92 Å². The summed E-state index contributed by atoms with van der Waals surface area (Å²) in [5.74, 6) is -0.298. The Hall–Kier alpha value is -0.650. The van der Waals surface area contributed by atoms with Crippen molar-refractivity contribution in [2.24, 2.45) is 0 Å². The van der Waals surface area contributed by atoms with E-state index in [0.29, 0.717) is 6.61 Å². The van der Waals surface area contributed by atoms with Gasteiger partial charge in [0.2, 0.25) is 0 Å². The Balaban J connectivity index is 1.76. The average molecular weight is 186 g/mol. The molecule has 0 aliphatic carbocycles. The maximum atomic E-state index is 10.8. The van der Waals surface area contributed by atoms with Crippen LogP contribution in [0.4, 0.5) is 0 Å². The Morgan fingerprint density at radius 2 is 2.23 bits per heavy atom. The summed E-state index contributed by atoms with van der Waals surface area (Å²) >= 11 is 0. The van der Waals surface area contributed by atoms with Crippen molar-refractivity contribution in [3.63, 3.8) is 0 Å². The topological polar surface area (TPSA) is 57.3 Å². The summed E-state index contributed by atoms with van der Waals surface area (Å²) in [5.41, 5.74) is 0. The van der Waals surface area contributed by atoms with E-state index in [0.717, 1.165) is 0 Å². The molecule has 0 radical (unpaired) electrons. The highest BCUT2D eigenvalue weighted by Gasteiger charge is 2.63. The number of hydrogen-bond acceptors (Lipinski definition) is 5. The number of fused-ring (bicyclic) bond motifs is 4. The summed E-state index contributed by atoms with van der Waals surface area (Å²) in [7, 11) is 0. The van der Waals surface area contributed by atoms with Crippen LogP contribution >= 0.6 is 0 Å². The summed E-state index contributed by atoms with van der Waals surface area (Å²) in [4.78, 5) is 10.8. The second-order valence-corrected chi connectivity index (χ2v) is 3.52. The number of ether oxygens (including phenoxy) is 4. The lowest BCUT2D eigenvalue weighted by Gasteiger charge is -2.23. The van der Waals surface area contributed by atoms with Gasteiger partial charge in [-0.05, 0) is 0 Å². The number of carbonyl (C=O) groups excluding carboxylic acids is 1. The molecule has 3 saturated heterocycles. The van der Waals surface area contributed by atoms with Crippen molar-refractivity contribution in [2.75, 3.05) is 6.61 Å². The first kappa shape index (κ1) is 7.73. The second-order valence-electron chi connectivity index (χ2n) is 3.52. The normalized spacial score (nSPS) is 51.3. The van der Waals surface area contributed by atoms with E-state index < -0.39 is 0 Å².